The lowest BCUT2D eigenvalue weighted by Gasteiger charge is -2.37. The first kappa shape index (κ1) is 22.2. The summed E-state index contributed by atoms with van der Waals surface area (Å²) < 4.78 is 11.9. The van der Waals surface area contributed by atoms with Crippen LogP contribution >= 0.6 is 0 Å². The number of anilines is 1. The quantitative estimate of drug-likeness (QED) is 0.442. The largest absolute Gasteiger partial charge is 0.497 e. The van der Waals surface area contributed by atoms with Gasteiger partial charge in [-0.25, -0.2) is 0 Å². The summed E-state index contributed by atoms with van der Waals surface area (Å²) >= 11 is 0. The molecule has 3 aromatic carbocycles. The van der Waals surface area contributed by atoms with Crippen LogP contribution in [0.3, 0.4) is 0 Å². The number of para-hydroxylation sites is 1. The van der Waals surface area contributed by atoms with E-state index in [0.717, 1.165) is 59.9 Å². The van der Waals surface area contributed by atoms with E-state index in [9.17, 15) is 4.79 Å². The van der Waals surface area contributed by atoms with E-state index >= 15 is 0 Å². The molecule has 0 aliphatic carbocycles. The zero-order valence-electron chi connectivity index (χ0n) is 19.5. The van der Waals surface area contributed by atoms with Gasteiger partial charge in [-0.15, -0.1) is 0 Å². The molecule has 1 aromatic heterocycles. The number of carbonyl (C=O) groups is 1. The highest BCUT2D eigenvalue weighted by Gasteiger charge is 2.32. The minimum absolute atomic E-state index is 0.141. The summed E-state index contributed by atoms with van der Waals surface area (Å²) in [6.07, 6.45) is 0. The second kappa shape index (κ2) is 9.71. The second-order valence-electron chi connectivity index (χ2n) is 8.67. The van der Waals surface area contributed by atoms with Crippen LogP contribution in [0.15, 0.2) is 83.3 Å². The molecule has 0 radical (unpaired) electrons. The predicted octanol–water partition coefficient (Wildman–Crippen LogP) is 5.03. The Morgan fingerprint density at radius 1 is 0.912 bits per heavy atom. The minimum Gasteiger partial charge on any atom is -0.497 e. The molecule has 1 aliphatic heterocycles. The molecule has 0 saturated carbocycles. The molecule has 0 unspecified atom stereocenters. The molecule has 34 heavy (non-hydrogen) atoms. The van der Waals surface area contributed by atoms with Crippen molar-refractivity contribution in [1.29, 1.82) is 0 Å². The van der Waals surface area contributed by atoms with Crippen molar-refractivity contribution in [2.45, 2.75) is 6.04 Å². The second-order valence-corrected chi connectivity index (χ2v) is 8.67. The average molecular weight is 456 g/mol. The third kappa shape index (κ3) is 4.42. The molecular weight excluding hydrogens is 426 g/mol. The Labute approximate surface area is 199 Å². The van der Waals surface area contributed by atoms with Crippen LogP contribution in [0.5, 0.6) is 5.75 Å². The summed E-state index contributed by atoms with van der Waals surface area (Å²) in [5, 5.41) is 4.07. The normalized spacial score (nSPS) is 15.8. The number of hydrogen-bond donors (Lipinski definition) is 1. The maximum absolute atomic E-state index is 13.2. The number of methoxy groups -OCH3 is 1. The fraction of sp³-hybridized carbons (Fsp3) is 0.250. The summed E-state index contributed by atoms with van der Waals surface area (Å²) in [7, 11) is 3.82. The van der Waals surface area contributed by atoms with Gasteiger partial charge in [-0.3, -0.25) is 9.69 Å². The number of nitrogens with one attached hydrogen (secondary N) is 1. The Morgan fingerprint density at radius 3 is 2.29 bits per heavy atom. The van der Waals surface area contributed by atoms with Crippen molar-refractivity contribution in [3.8, 4) is 5.75 Å². The van der Waals surface area contributed by atoms with Crippen LogP contribution in [0, 0.1) is 0 Å². The van der Waals surface area contributed by atoms with E-state index in [1.165, 1.54) is 0 Å². The number of benzene rings is 3. The van der Waals surface area contributed by atoms with Crippen molar-refractivity contribution < 1.29 is 13.9 Å². The summed E-state index contributed by atoms with van der Waals surface area (Å²) in [6, 6.07) is 25.1. The van der Waals surface area contributed by atoms with Crippen LogP contribution in [0.4, 0.5) is 5.69 Å². The highest BCUT2D eigenvalue weighted by Crippen LogP contribution is 2.41. The van der Waals surface area contributed by atoms with E-state index in [1.807, 2.05) is 66.7 Å². The number of nitrogens with zero attached hydrogens (tertiary/aromatic N) is 2. The lowest BCUT2D eigenvalue weighted by molar-refractivity contribution is 0.102. The van der Waals surface area contributed by atoms with Gasteiger partial charge in [0.25, 0.3) is 5.91 Å². The molecule has 1 atom stereocenters. The monoisotopic (exact) mass is 455 g/mol. The number of hydrogen-bond acceptors (Lipinski definition) is 5. The third-order valence-corrected chi connectivity index (χ3v) is 6.48. The Morgan fingerprint density at radius 2 is 1.59 bits per heavy atom. The van der Waals surface area contributed by atoms with Crippen molar-refractivity contribution in [3.63, 3.8) is 0 Å². The first-order chi connectivity index (χ1) is 16.6. The first-order valence-electron chi connectivity index (χ1n) is 11.6. The lowest BCUT2D eigenvalue weighted by Crippen LogP contribution is -2.46. The highest BCUT2D eigenvalue weighted by molar-refractivity contribution is 6.09. The Kier molecular flexibility index (Phi) is 6.34. The molecule has 4 aromatic rings. The van der Waals surface area contributed by atoms with Crippen LogP contribution < -0.4 is 10.1 Å². The van der Waals surface area contributed by atoms with Gasteiger partial charge in [0.05, 0.1) is 18.8 Å². The van der Waals surface area contributed by atoms with Gasteiger partial charge in [0.2, 0.25) is 0 Å². The molecular formula is C28H29N3O3. The molecule has 1 saturated heterocycles. The average Bonchev–Trinajstić information content (AvgIpc) is 3.24. The van der Waals surface area contributed by atoms with Crippen LogP contribution in [0.2, 0.25) is 0 Å². The van der Waals surface area contributed by atoms with Gasteiger partial charge in [0, 0.05) is 37.1 Å². The fourth-order valence-corrected chi connectivity index (χ4v) is 4.56. The number of rotatable bonds is 6. The predicted molar refractivity (Wildman–Crippen MR) is 135 cm³/mol. The first-order valence-corrected chi connectivity index (χ1v) is 11.6. The number of furan rings is 1. The van der Waals surface area contributed by atoms with E-state index < -0.39 is 0 Å². The Hall–Kier alpha value is -3.61. The van der Waals surface area contributed by atoms with E-state index in [2.05, 4.69) is 34.3 Å². The molecule has 0 bridgehead atoms. The molecule has 174 valence electrons. The van der Waals surface area contributed by atoms with Crippen LogP contribution in [-0.2, 0) is 0 Å². The number of piperazine rings is 1. The van der Waals surface area contributed by atoms with Gasteiger partial charge in [0.1, 0.15) is 17.1 Å². The number of carbonyl (C=O) groups excluding carboxylic acids is 1. The number of ether oxygens (including phenoxy) is 1. The molecule has 1 amide bonds. The molecule has 1 N–H and O–H groups in total. The Bertz CT molecular complexity index is 1260. The molecule has 2 heterocycles. The molecule has 5 rings (SSSR count). The summed E-state index contributed by atoms with van der Waals surface area (Å²) in [5.41, 5.74) is 3.19. The lowest BCUT2D eigenvalue weighted by atomic mass is 9.99. The van der Waals surface area contributed by atoms with Gasteiger partial charge >= 0.3 is 0 Å². The van der Waals surface area contributed by atoms with Crippen molar-refractivity contribution in [1.82, 2.24) is 9.80 Å². The van der Waals surface area contributed by atoms with Crippen molar-refractivity contribution in [2.75, 3.05) is 45.7 Å². The number of fused-ring (bicyclic) bond motifs is 1. The van der Waals surface area contributed by atoms with Gasteiger partial charge in [-0.1, -0.05) is 42.5 Å². The number of amides is 1. The van der Waals surface area contributed by atoms with E-state index in [1.54, 1.807) is 7.11 Å². The van der Waals surface area contributed by atoms with E-state index in [0.29, 0.717) is 5.56 Å². The molecule has 6 nitrogen and oxygen atoms in total. The molecule has 0 spiro atoms. The van der Waals surface area contributed by atoms with Crippen molar-refractivity contribution in [3.05, 3.63) is 95.7 Å². The van der Waals surface area contributed by atoms with Gasteiger partial charge in [-0.2, -0.15) is 0 Å². The SMILES string of the molecule is COc1ccc([C@H](c2oc3ccccc3c2NC(=O)c2ccccc2)N2CCN(C)CC2)cc1. The standard InChI is InChI=1S/C28H29N3O3/c1-30-16-18-31(19-17-30)26(20-12-14-22(33-2)15-13-20)27-25(23-10-6-7-11-24(23)34-27)29-28(32)21-8-4-3-5-9-21/h3-15,26H,16-19H2,1-2H3,(H,29,32)/t26-/m1/s1. The van der Waals surface area contributed by atoms with Crippen LogP contribution in [0.1, 0.15) is 27.7 Å². The smallest absolute Gasteiger partial charge is 0.255 e. The zero-order chi connectivity index (χ0) is 23.5. The van der Waals surface area contributed by atoms with Gasteiger partial charge in [0.15, 0.2) is 0 Å². The topological polar surface area (TPSA) is 58.0 Å². The summed E-state index contributed by atoms with van der Waals surface area (Å²) in [5.74, 6) is 1.41. The molecule has 6 heteroatoms. The summed E-state index contributed by atoms with van der Waals surface area (Å²) in [6.45, 7) is 3.74. The van der Waals surface area contributed by atoms with Crippen molar-refractivity contribution >= 4 is 22.6 Å². The number of likely N-dealkylation sites (N-methyl/N-ethyl adjacent to an activating group) is 1. The zero-order valence-corrected chi connectivity index (χ0v) is 19.5. The molecule has 1 aliphatic rings. The van der Waals surface area contributed by atoms with Crippen LogP contribution in [-0.4, -0.2) is 56.0 Å². The van der Waals surface area contributed by atoms with Gasteiger partial charge < -0.3 is 19.4 Å². The fourth-order valence-electron chi connectivity index (χ4n) is 4.56. The van der Waals surface area contributed by atoms with Crippen molar-refractivity contribution in [2.24, 2.45) is 0 Å². The third-order valence-electron chi connectivity index (χ3n) is 6.48. The molecule has 1 fully saturated rings. The van der Waals surface area contributed by atoms with E-state index in [4.69, 9.17) is 9.15 Å². The van der Waals surface area contributed by atoms with Crippen LogP contribution in [0.25, 0.3) is 11.0 Å². The minimum atomic E-state index is -0.153. The maximum Gasteiger partial charge on any atom is 0.255 e. The van der Waals surface area contributed by atoms with Gasteiger partial charge in [-0.05, 0) is 49.0 Å². The van der Waals surface area contributed by atoms with E-state index in [-0.39, 0.29) is 11.9 Å². The highest BCUT2D eigenvalue weighted by atomic mass is 16.5. The maximum atomic E-state index is 13.2. The summed E-state index contributed by atoms with van der Waals surface area (Å²) in [4.78, 5) is 17.9. The Balaban J connectivity index is 1.61.